The van der Waals surface area contributed by atoms with Crippen molar-refractivity contribution >= 4 is 33.2 Å². The zero-order valence-corrected chi connectivity index (χ0v) is 10.6. The van der Waals surface area contributed by atoms with Crippen molar-refractivity contribution in [2.45, 2.75) is 6.92 Å². The Labute approximate surface area is 107 Å². The maximum absolute atomic E-state index is 6.11. The Morgan fingerprint density at radius 3 is 2.82 bits per heavy atom. The molecule has 0 radical (unpaired) electrons. The van der Waals surface area contributed by atoms with Gasteiger partial charge in [-0.25, -0.2) is 9.97 Å². The van der Waals surface area contributed by atoms with Gasteiger partial charge in [0, 0.05) is 17.1 Å². The first-order chi connectivity index (χ1) is 8.25. The van der Waals surface area contributed by atoms with E-state index in [4.69, 9.17) is 11.6 Å². The van der Waals surface area contributed by atoms with E-state index >= 15 is 0 Å². The number of rotatable bonds is 1. The van der Waals surface area contributed by atoms with Crippen LogP contribution in [0.15, 0.2) is 30.0 Å². The molecular weight excluding hydrogens is 254 g/mol. The van der Waals surface area contributed by atoms with Crippen molar-refractivity contribution < 1.29 is 0 Å². The van der Waals surface area contributed by atoms with E-state index in [0.717, 1.165) is 27.0 Å². The number of fused-ring (bicyclic) bond motifs is 1. The average molecular weight is 262 g/mol. The van der Waals surface area contributed by atoms with Crippen LogP contribution in [-0.4, -0.2) is 15.0 Å². The Morgan fingerprint density at radius 1 is 1.18 bits per heavy atom. The minimum absolute atomic E-state index is 0.480. The second-order valence-corrected chi connectivity index (χ2v) is 4.93. The summed E-state index contributed by atoms with van der Waals surface area (Å²) < 4.78 is 0. The number of hydrogen-bond donors (Lipinski definition) is 0. The summed E-state index contributed by atoms with van der Waals surface area (Å²) in [6.07, 6.45) is 3.32. The first-order valence-electron chi connectivity index (χ1n) is 5.06. The molecule has 0 fully saturated rings. The lowest BCUT2D eigenvalue weighted by molar-refractivity contribution is 1.23. The quantitative estimate of drug-likeness (QED) is 0.627. The lowest BCUT2D eigenvalue weighted by Crippen LogP contribution is -1.85. The Morgan fingerprint density at radius 2 is 2.06 bits per heavy atom. The van der Waals surface area contributed by atoms with Gasteiger partial charge in [-0.2, -0.15) is 0 Å². The molecule has 3 nitrogen and oxygen atoms in total. The molecule has 0 aliphatic rings. The summed E-state index contributed by atoms with van der Waals surface area (Å²) >= 11 is 7.66. The van der Waals surface area contributed by atoms with E-state index in [1.807, 2.05) is 30.6 Å². The maximum atomic E-state index is 6.11. The summed E-state index contributed by atoms with van der Waals surface area (Å²) in [5.74, 6) is 0. The van der Waals surface area contributed by atoms with Gasteiger partial charge in [-0.05, 0) is 18.6 Å². The van der Waals surface area contributed by atoms with Gasteiger partial charge in [0.05, 0.1) is 11.1 Å². The molecule has 0 bridgehead atoms. The standard InChI is InChI=1S/C12H8ClN3S/c1-7-2-3-9(14-4-7)8-5-17-12-10(8)11(13)15-6-16-12/h2-6H,1H3. The van der Waals surface area contributed by atoms with Gasteiger partial charge < -0.3 is 0 Å². The molecule has 0 spiro atoms. The predicted molar refractivity (Wildman–Crippen MR) is 70.4 cm³/mol. The zero-order valence-electron chi connectivity index (χ0n) is 9.01. The van der Waals surface area contributed by atoms with Crippen molar-refractivity contribution in [1.82, 2.24) is 15.0 Å². The minimum atomic E-state index is 0.480. The third-order valence-corrected chi connectivity index (χ3v) is 3.68. The van der Waals surface area contributed by atoms with Gasteiger partial charge in [-0.3, -0.25) is 4.98 Å². The molecule has 3 aromatic heterocycles. The van der Waals surface area contributed by atoms with Crippen LogP contribution in [0.2, 0.25) is 5.15 Å². The molecule has 0 saturated heterocycles. The van der Waals surface area contributed by atoms with Crippen molar-refractivity contribution in [3.63, 3.8) is 0 Å². The molecular formula is C12H8ClN3S. The van der Waals surface area contributed by atoms with E-state index in [1.54, 1.807) is 11.3 Å². The zero-order chi connectivity index (χ0) is 11.8. The van der Waals surface area contributed by atoms with Gasteiger partial charge in [0.15, 0.2) is 0 Å². The molecule has 84 valence electrons. The van der Waals surface area contributed by atoms with Gasteiger partial charge in [0.25, 0.3) is 0 Å². The number of aromatic nitrogens is 3. The Kier molecular flexibility index (Phi) is 2.53. The second-order valence-electron chi connectivity index (χ2n) is 3.71. The molecule has 0 aliphatic heterocycles. The molecule has 17 heavy (non-hydrogen) atoms. The molecule has 0 saturated carbocycles. The number of halogens is 1. The summed E-state index contributed by atoms with van der Waals surface area (Å²) in [4.78, 5) is 13.5. The van der Waals surface area contributed by atoms with Crippen LogP contribution in [0.3, 0.4) is 0 Å². The molecule has 0 unspecified atom stereocenters. The number of pyridine rings is 1. The van der Waals surface area contributed by atoms with Crippen molar-refractivity contribution in [3.05, 3.63) is 40.8 Å². The monoisotopic (exact) mass is 261 g/mol. The van der Waals surface area contributed by atoms with Crippen molar-refractivity contribution in [2.75, 3.05) is 0 Å². The van der Waals surface area contributed by atoms with E-state index in [0.29, 0.717) is 5.15 Å². The lowest BCUT2D eigenvalue weighted by Gasteiger charge is -2.00. The van der Waals surface area contributed by atoms with Gasteiger partial charge >= 0.3 is 0 Å². The van der Waals surface area contributed by atoms with E-state index in [-0.39, 0.29) is 0 Å². The summed E-state index contributed by atoms with van der Waals surface area (Å²) in [5, 5.41) is 3.38. The molecule has 0 amide bonds. The highest BCUT2D eigenvalue weighted by Gasteiger charge is 2.12. The molecule has 3 heterocycles. The van der Waals surface area contributed by atoms with Crippen LogP contribution in [0.1, 0.15) is 5.56 Å². The Balaban J connectivity index is 2.27. The first kappa shape index (κ1) is 10.6. The smallest absolute Gasteiger partial charge is 0.141 e. The van der Waals surface area contributed by atoms with Crippen LogP contribution in [-0.2, 0) is 0 Å². The number of aryl methyl sites for hydroxylation is 1. The number of hydrogen-bond acceptors (Lipinski definition) is 4. The molecule has 3 rings (SSSR count). The van der Waals surface area contributed by atoms with Crippen molar-refractivity contribution in [2.24, 2.45) is 0 Å². The number of thiophene rings is 1. The lowest BCUT2D eigenvalue weighted by atomic mass is 10.1. The Hall–Kier alpha value is -1.52. The normalized spacial score (nSPS) is 10.9. The van der Waals surface area contributed by atoms with E-state index in [9.17, 15) is 0 Å². The topological polar surface area (TPSA) is 38.7 Å². The highest BCUT2D eigenvalue weighted by atomic mass is 35.5. The molecule has 0 atom stereocenters. The fourth-order valence-electron chi connectivity index (χ4n) is 1.65. The Bertz CT molecular complexity index is 676. The fraction of sp³-hybridized carbons (Fsp3) is 0.0833. The van der Waals surface area contributed by atoms with Crippen LogP contribution in [0.4, 0.5) is 0 Å². The average Bonchev–Trinajstić information content (AvgIpc) is 2.75. The minimum Gasteiger partial charge on any atom is -0.256 e. The third kappa shape index (κ3) is 1.79. The van der Waals surface area contributed by atoms with Gasteiger partial charge in [0.2, 0.25) is 0 Å². The van der Waals surface area contributed by atoms with Gasteiger partial charge in [0.1, 0.15) is 16.3 Å². The van der Waals surface area contributed by atoms with E-state index < -0.39 is 0 Å². The maximum Gasteiger partial charge on any atom is 0.141 e. The molecule has 0 aromatic carbocycles. The fourth-order valence-corrected chi connectivity index (χ4v) is 2.85. The highest BCUT2D eigenvalue weighted by Crippen LogP contribution is 2.35. The molecule has 3 aromatic rings. The first-order valence-corrected chi connectivity index (χ1v) is 6.32. The second kappa shape index (κ2) is 4.05. The highest BCUT2D eigenvalue weighted by molar-refractivity contribution is 7.17. The van der Waals surface area contributed by atoms with Gasteiger partial charge in [-0.15, -0.1) is 11.3 Å². The molecule has 0 N–H and O–H groups in total. The van der Waals surface area contributed by atoms with E-state index in [1.165, 1.54) is 6.33 Å². The van der Waals surface area contributed by atoms with Crippen LogP contribution >= 0.6 is 22.9 Å². The summed E-state index contributed by atoms with van der Waals surface area (Å²) in [7, 11) is 0. The van der Waals surface area contributed by atoms with Gasteiger partial charge in [-0.1, -0.05) is 17.7 Å². The summed E-state index contributed by atoms with van der Waals surface area (Å²) in [5.41, 5.74) is 3.03. The number of nitrogens with zero attached hydrogens (tertiary/aromatic N) is 3. The SMILES string of the molecule is Cc1ccc(-c2csc3ncnc(Cl)c23)nc1. The van der Waals surface area contributed by atoms with Crippen molar-refractivity contribution in [1.29, 1.82) is 0 Å². The van der Waals surface area contributed by atoms with Crippen LogP contribution in [0.5, 0.6) is 0 Å². The van der Waals surface area contributed by atoms with Crippen LogP contribution in [0, 0.1) is 6.92 Å². The van der Waals surface area contributed by atoms with E-state index in [2.05, 4.69) is 15.0 Å². The van der Waals surface area contributed by atoms with Crippen LogP contribution in [0.25, 0.3) is 21.5 Å². The summed E-state index contributed by atoms with van der Waals surface area (Å²) in [6, 6.07) is 4.02. The third-order valence-electron chi connectivity index (χ3n) is 2.51. The van der Waals surface area contributed by atoms with Crippen molar-refractivity contribution in [3.8, 4) is 11.3 Å². The van der Waals surface area contributed by atoms with Crippen LogP contribution < -0.4 is 0 Å². The largest absolute Gasteiger partial charge is 0.256 e. The summed E-state index contributed by atoms with van der Waals surface area (Å²) in [6.45, 7) is 2.01. The predicted octanol–water partition coefficient (Wildman–Crippen LogP) is 3.72. The molecule has 5 heteroatoms. The molecule has 0 aliphatic carbocycles.